The lowest BCUT2D eigenvalue weighted by Crippen LogP contribution is -2.00. The van der Waals surface area contributed by atoms with Crippen LogP contribution in [0.3, 0.4) is 0 Å². The van der Waals surface area contributed by atoms with Gasteiger partial charge in [0, 0.05) is 0 Å². The molecule has 0 aliphatic heterocycles. The molecule has 0 saturated heterocycles. The minimum atomic E-state index is -0.576. The number of carbonyl (C=O) groups excluding carboxylic acids is 1. The zero-order chi connectivity index (χ0) is 9.84. The van der Waals surface area contributed by atoms with Gasteiger partial charge in [-0.25, -0.2) is 4.79 Å². The van der Waals surface area contributed by atoms with Crippen molar-refractivity contribution in [2.45, 2.75) is 0 Å². The zero-order valence-electron chi connectivity index (χ0n) is 6.85. The second-order valence-corrected chi connectivity index (χ2v) is 2.29. The van der Waals surface area contributed by atoms with Crippen LogP contribution in [-0.4, -0.2) is 18.2 Å². The van der Waals surface area contributed by atoms with Gasteiger partial charge in [-0.2, -0.15) is 0 Å². The SMILES string of the molecule is COC(=O)c1ccc(N=O)c(O)c1. The van der Waals surface area contributed by atoms with Crippen LogP contribution in [0.4, 0.5) is 5.69 Å². The predicted octanol–water partition coefficient (Wildman–Crippen LogP) is 1.58. The number of rotatable bonds is 2. The van der Waals surface area contributed by atoms with Crippen LogP contribution in [0.25, 0.3) is 0 Å². The molecule has 0 aromatic heterocycles. The van der Waals surface area contributed by atoms with Gasteiger partial charge in [-0.1, -0.05) is 0 Å². The number of esters is 1. The van der Waals surface area contributed by atoms with Crippen LogP contribution in [-0.2, 0) is 4.74 Å². The Labute approximate surface area is 73.9 Å². The molecule has 0 saturated carbocycles. The minimum absolute atomic E-state index is 0.104. The number of phenolic OH excluding ortho intramolecular Hbond substituents is 1. The van der Waals surface area contributed by atoms with Crippen LogP contribution in [0.15, 0.2) is 23.4 Å². The summed E-state index contributed by atoms with van der Waals surface area (Å²) in [5, 5.41) is 11.7. The van der Waals surface area contributed by atoms with E-state index >= 15 is 0 Å². The first-order valence-corrected chi connectivity index (χ1v) is 3.43. The molecule has 0 aliphatic rings. The van der Waals surface area contributed by atoms with E-state index in [0.717, 1.165) is 6.07 Å². The summed E-state index contributed by atoms with van der Waals surface area (Å²) in [7, 11) is 1.23. The molecule has 1 aromatic rings. The summed E-state index contributed by atoms with van der Waals surface area (Å²) >= 11 is 0. The Kier molecular flexibility index (Phi) is 2.59. The smallest absolute Gasteiger partial charge is 0.337 e. The standard InChI is InChI=1S/C8H7NO4/c1-13-8(11)5-2-3-6(9-12)7(10)4-5/h2-4,10H,1H3. The Hall–Kier alpha value is -1.91. The molecule has 0 bridgehead atoms. The van der Waals surface area contributed by atoms with Gasteiger partial charge in [0.1, 0.15) is 11.4 Å². The van der Waals surface area contributed by atoms with E-state index in [1.165, 1.54) is 19.2 Å². The maximum Gasteiger partial charge on any atom is 0.337 e. The third-order valence-corrected chi connectivity index (χ3v) is 1.49. The van der Waals surface area contributed by atoms with Crippen molar-refractivity contribution >= 4 is 11.7 Å². The number of hydrogen-bond acceptors (Lipinski definition) is 5. The minimum Gasteiger partial charge on any atom is -0.506 e. The van der Waals surface area contributed by atoms with Gasteiger partial charge in [-0.15, -0.1) is 4.91 Å². The van der Waals surface area contributed by atoms with Gasteiger partial charge in [-0.3, -0.25) is 0 Å². The number of methoxy groups -OCH3 is 1. The van der Waals surface area contributed by atoms with Gasteiger partial charge in [-0.05, 0) is 23.4 Å². The van der Waals surface area contributed by atoms with E-state index in [4.69, 9.17) is 5.11 Å². The molecule has 0 amide bonds. The first kappa shape index (κ1) is 9.18. The molecule has 68 valence electrons. The van der Waals surface area contributed by atoms with Gasteiger partial charge < -0.3 is 9.84 Å². The van der Waals surface area contributed by atoms with Gasteiger partial charge >= 0.3 is 5.97 Å². The predicted molar refractivity (Wildman–Crippen MR) is 44.9 cm³/mol. The van der Waals surface area contributed by atoms with Crippen LogP contribution in [0.5, 0.6) is 5.75 Å². The zero-order valence-corrected chi connectivity index (χ0v) is 6.85. The topological polar surface area (TPSA) is 76.0 Å². The summed E-state index contributed by atoms with van der Waals surface area (Å²) in [4.78, 5) is 21.0. The summed E-state index contributed by atoms with van der Waals surface area (Å²) in [6, 6.07) is 3.72. The van der Waals surface area contributed by atoms with Crippen LogP contribution in [0.2, 0.25) is 0 Å². The van der Waals surface area contributed by atoms with Crippen LogP contribution >= 0.6 is 0 Å². The Morgan fingerprint density at radius 3 is 2.69 bits per heavy atom. The van der Waals surface area contributed by atoms with Crippen molar-refractivity contribution in [3.05, 3.63) is 28.7 Å². The third-order valence-electron chi connectivity index (χ3n) is 1.49. The molecular formula is C8H7NO4. The summed E-state index contributed by atoms with van der Waals surface area (Å²) in [6.07, 6.45) is 0. The lowest BCUT2D eigenvalue weighted by molar-refractivity contribution is 0.0600. The molecule has 5 heteroatoms. The molecule has 5 nitrogen and oxygen atoms in total. The molecule has 1 aromatic carbocycles. The van der Waals surface area contributed by atoms with Gasteiger partial charge in [0.25, 0.3) is 0 Å². The number of hydrogen-bond donors (Lipinski definition) is 1. The molecule has 0 radical (unpaired) electrons. The Bertz CT molecular complexity index is 348. The van der Waals surface area contributed by atoms with Crippen molar-refractivity contribution < 1.29 is 14.6 Å². The maximum atomic E-state index is 10.9. The van der Waals surface area contributed by atoms with Gasteiger partial charge in [0.05, 0.1) is 12.7 Å². The molecule has 0 atom stereocenters. The second-order valence-electron chi connectivity index (χ2n) is 2.29. The lowest BCUT2D eigenvalue weighted by Gasteiger charge is -2.00. The number of nitroso groups, excluding NO2 is 1. The number of phenols is 1. The van der Waals surface area contributed by atoms with Crippen LogP contribution in [0.1, 0.15) is 10.4 Å². The van der Waals surface area contributed by atoms with Crippen molar-refractivity contribution in [1.29, 1.82) is 0 Å². The van der Waals surface area contributed by atoms with Crippen molar-refractivity contribution in [3.63, 3.8) is 0 Å². The average molecular weight is 181 g/mol. The monoisotopic (exact) mass is 181 g/mol. The Morgan fingerprint density at radius 1 is 1.54 bits per heavy atom. The summed E-state index contributed by atoms with van der Waals surface area (Å²) in [6.45, 7) is 0. The van der Waals surface area contributed by atoms with Crippen molar-refractivity contribution in [3.8, 4) is 5.75 Å². The highest BCUT2D eigenvalue weighted by Crippen LogP contribution is 2.26. The van der Waals surface area contributed by atoms with E-state index in [1.54, 1.807) is 0 Å². The number of carbonyl (C=O) groups is 1. The summed E-state index contributed by atoms with van der Waals surface area (Å²) in [5.74, 6) is -0.911. The Balaban J connectivity index is 3.09. The number of nitrogens with zero attached hydrogens (tertiary/aromatic N) is 1. The van der Waals surface area contributed by atoms with E-state index in [1.807, 2.05) is 0 Å². The molecule has 0 unspecified atom stereocenters. The van der Waals surface area contributed by atoms with Crippen molar-refractivity contribution in [1.82, 2.24) is 0 Å². The molecule has 1 N–H and O–H groups in total. The normalized spacial score (nSPS) is 9.31. The van der Waals surface area contributed by atoms with E-state index < -0.39 is 5.97 Å². The maximum absolute atomic E-state index is 10.9. The Morgan fingerprint density at radius 2 is 2.23 bits per heavy atom. The van der Waals surface area contributed by atoms with Gasteiger partial charge in [0.2, 0.25) is 0 Å². The highest BCUT2D eigenvalue weighted by atomic mass is 16.5. The summed E-state index contributed by atoms with van der Waals surface area (Å²) < 4.78 is 4.41. The van der Waals surface area contributed by atoms with Crippen molar-refractivity contribution in [2.24, 2.45) is 5.18 Å². The molecule has 0 heterocycles. The van der Waals surface area contributed by atoms with Crippen LogP contribution in [0, 0.1) is 4.91 Å². The number of benzene rings is 1. The van der Waals surface area contributed by atoms with E-state index in [-0.39, 0.29) is 17.0 Å². The average Bonchev–Trinajstić information content (AvgIpc) is 2.16. The fourth-order valence-electron chi connectivity index (χ4n) is 0.845. The lowest BCUT2D eigenvalue weighted by atomic mass is 10.2. The fraction of sp³-hybridized carbons (Fsp3) is 0.125. The van der Waals surface area contributed by atoms with Crippen LogP contribution < -0.4 is 0 Å². The first-order chi connectivity index (χ1) is 6.19. The molecule has 13 heavy (non-hydrogen) atoms. The molecule has 0 spiro atoms. The molecule has 0 aliphatic carbocycles. The molecule has 1 rings (SSSR count). The number of aromatic hydroxyl groups is 1. The quantitative estimate of drug-likeness (QED) is 0.555. The van der Waals surface area contributed by atoms with E-state index in [0.29, 0.717) is 0 Å². The second kappa shape index (κ2) is 3.66. The van der Waals surface area contributed by atoms with E-state index in [2.05, 4.69) is 9.91 Å². The highest BCUT2D eigenvalue weighted by molar-refractivity contribution is 5.90. The number of ether oxygens (including phenoxy) is 1. The first-order valence-electron chi connectivity index (χ1n) is 3.43. The van der Waals surface area contributed by atoms with Crippen molar-refractivity contribution in [2.75, 3.05) is 7.11 Å². The molecular weight excluding hydrogens is 174 g/mol. The van der Waals surface area contributed by atoms with E-state index in [9.17, 15) is 9.70 Å². The summed E-state index contributed by atoms with van der Waals surface area (Å²) in [5.41, 5.74) is 0.0695. The molecule has 0 fully saturated rings. The van der Waals surface area contributed by atoms with Gasteiger partial charge in [0.15, 0.2) is 0 Å². The largest absolute Gasteiger partial charge is 0.506 e. The highest BCUT2D eigenvalue weighted by Gasteiger charge is 2.08. The fourth-order valence-corrected chi connectivity index (χ4v) is 0.845. The third kappa shape index (κ3) is 1.81.